The van der Waals surface area contributed by atoms with Gasteiger partial charge in [-0.3, -0.25) is 4.98 Å². The Balaban J connectivity index is 1.79. The van der Waals surface area contributed by atoms with Crippen LogP contribution >= 0.6 is 0 Å². The summed E-state index contributed by atoms with van der Waals surface area (Å²) in [4.78, 5) is 4.57. The van der Waals surface area contributed by atoms with Crippen LogP contribution in [0.4, 0.5) is 0 Å². The van der Waals surface area contributed by atoms with E-state index in [1.54, 1.807) is 30.5 Å². The standard InChI is InChI=1S/C17H20N2O3S/c20-13-14-8-11-19(12-9-14)23(21,22)16-6-4-15(5-7-16)17-3-1-2-10-18-17/h1-7,10,14,20H,8-9,11-13H2. The number of nitrogens with zero attached hydrogens (tertiary/aromatic N) is 2. The Morgan fingerprint density at radius 2 is 1.78 bits per heavy atom. The zero-order valence-electron chi connectivity index (χ0n) is 12.8. The molecule has 2 heterocycles. The number of hydrogen-bond donors (Lipinski definition) is 1. The molecular formula is C17H20N2O3S. The van der Waals surface area contributed by atoms with Crippen LogP contribution in [0, 0.1) is 5.92 Å². The number of rotatable bonds is 4. The second-order valence-electron chi connectivity index (χ2n) is 5.77. The van der Waals surface area contributed by atoms with Gasteiger partial charge in [0.2, 0.25) is 10.0 Å². The number of aliphatic hydroxyl groups is 1. The molecule has 0 spiro atoms. The topological polar surface area (TPSA) is 70.5 Å². The molecule has 0 aliphatic carbocycles. The zero-order valence-corrected chi connectivity index (χ0v) is 13.6. The molecule has 23 heavy (non-hydrogen) atoms. The molecule has 2 aromatic rings. The lowest BCUT2D eigenvalue weighted by Gasteiger charge is -2.30. The molecule has 0 atom stereocenters. The normalized spacial score (nSPS) is 17.3. The van der Waals surface area contributed by atoms with E-state index in [0.29, 0.717) is 30.8 Å². The van der Waals surface area contributed by atoms with Gasteiger partial charge in [0, 0.05) is 31.5 Å². The number of benzene rings is 1. The molecule has 6 heteroatoms. The highest BCUT2D eigenvalue weighted by atomic mass is 32.2. The van der Waals surface area contributed by atoms with E-state index in [4.69, 9.17) is 5.11 Å². The van der Waals surface area contributed by atoms with E-state index in [0.717, 1.165) is 11.3 Å². The smallest absolute Gasteiger partial charge is 0.243 e. The quantitative estimate of drug-likeness (QED) is 0.931. The van der Waals surface area contributed by atoms with E-state index in [2.05, 4.69) is 4.98 Å². The van der Waals surface area contributed by atoms with Crippen molar-refractivity contribution in [2.24, 2.45) is 5.92 Å². The molecule has 0 saturated carbocycles. The second-order valence-corrected chi connectivity index (χ2v) is 7.71. The molecule has 1 aromatic carbocycles. The molecular weight excluding hydrogens is 312 g/mol. The summed E-state index contributed by atoms with van der Waals surface area (Å²) in [7, 11) is -3.46. The average Bonchev–Trinajstić information content (AvgIpc) is 2.62. The Hall–Kier alpha value is -1.76. The fourth-order valence-corrected chi connectivity index (χ4v) is 4.28. The minimum atomic E-state index is -3.46. The van der Waals surface area contributed by atoms with Crippen molar-refractivity contribution in [3.63, 3.8) is 0 Å². The van der Waals surface area contributed by atoms with E-state index in [9.17, 15) is 8.42 Å². The summed E-state index contributed by atoms with van der Waals surface area (Å²) in [5.41, 5.74) is 1.71. The van der Waals surface area contributed by atoms with Crippen LogP contribution < -0.4 is 0 Å². The average molecular weight is 332 g/mol. The van der Waals surface area contributed by atoms with Crippen LogP contribution in [-0.2, 0) is 10.0 Å². The fourth-order valence-electron chi connectivity index (χ4n) is 2.81. The van der Waals surface area contributed by atoms with E-state index >= 15 is 0 Å². The highest BCUT2D eigenvalue weighted by molar-refractivity contribution is 7.89. The van der Waals surface area contributed by atoms with Crippen LogP contribution in [0.5, 0.6) is 0 Å². The highest BCUT2D eigenvalue weighted by Gasteiger charge is 2.29. The lowest BCUT2D eigenvalue weighted by molar-refractivity contribution is 0.170. The number of sulfonamides is 1. The number of pyridine rings is 1. The Labute approximate surface area is 136 Å². The molecule has 1 aliphatic rings. The molecule has 1 saturated heterocycles. The van der Waals surface area contributed by atoms with Crippen molar-refractivity contribution in [1.82, 2.24) is 9.29 Å². The number of hydrogen-bond acceptors (Lipinski definition) is 4. The summed E-state index contributed by atoms with van der Waals surface area (Å²) < 4.78 is 26.9. The summed E-state index contributed by atoms with van der Waals surface area (Å²) in [5, 5.41) is 9.16. The monoisotopic (exact) mass is 332 g/mol. The molecule has 5 nitrogen and oxygen atoms in total. The van der Waals surface area contributed by atoms with Gasteiger partial charge in [-0.05, 0) is 43.0 Å². The van der Waals surface area contributed by atoms with Gasteiger partial charge in [0.05, 0.1) is 10.6 Å². The van der Waals surface area contributed by atoms with Crippen molar-refractivity contribution in [3.05, 3.63) is 48.7 Å². The molecule has 0 radical (unpaired) electrons. The van der Waals surface area contributed by atoms with E-state index in [1.165, 1.54) is 4.31 Å². The predicted octanol–water partition coefficient (Wildman–Crippen LogP) is 2.14. The maximum atomic E-state index is 12.7. The largest absolute Gasteiger partial charge is 0.396 e. The Morgan fingerprint density at radius 1 is 1.09 bits per heavy atom. The first kappa shape index (κ1) is 16.1. The van der Waals surface area contributed by atoms with Crippen molar-refractivity contribution in [2.75, 3.05) is 19.7 Å². The van der Waals surface area contributed by atoms with Crippen LogP contribution in [-0.4, -0.2) is 42.5 Å². The number of aliphatic hydroxyl groups excluding tert-OH is 1. The maximum absolute atomic E-state index is 12.7. The van der Waals surface area contributed by atoms with Crippen molar-refractivity contribution >= 4 is 10.0 Å². The molecule has 1 aliphatic heterocycles. The fraction of sp³-hybridized carbons (Fsp3) is 0.353. The van der Waals surface area contributed by atoms with Gasteiger partial charge in [-0.25, -0.2) is 8.42 Å². The van der Waals surface area contributed by atoms with Crippen LogP contribution in [0.3, 0.4) is 0 Å². The predicted molar refractivity (Wildman–Crippen MR) is 88.2 cm³/mol. The van der Waals surface area contributed by atoms with E-state index in [-0.39, 0.29) is 12.5 Å². The molecule has 3 rings (SSSR count). The lowest BCUT2D eigenvalue weighted by Crippen LogP contribution is -2.39. The van der Waals surface area contributed by atoms with Crippen LogP contribution in [0.1, 0.15) is 12.8 Å². The number of aromatic nitrogens is 1. The first-order valence-electron chi connectivity index (χ1n) is 7.74. The van der Waals surface area contributed by atoms with Gasteiger partial charge < -0.3 is 5.11 Å². The SMILES string of the molecule is O=S(=O)(c1ccc(-c2ccccn2)cc1)N1CCC(CO)CC1. The summed E-state index contributed by atoms with van der Waals surface area (Å²) >= 11 is 0. The second kappa shape index (κ2) is 6.78. The third kappa shape index (κ3) is 3.44. The van der Waals surface area contributed by atoms with Crippen LogP contribution in [0.25, 0.3) is 11.3 Å². The van der Waals surface area contributed by atoms with Crippen molar-refractivity contribution in [2.45, 2.75) is 17.7 Å². The van der Waals surface area contributed by atoms with Gasteiger partial charge in [-0.1, -0.05) is 18.2 Å². The Morgan fingerprint density at radius 3 is 2.35 bits per heavy atom. The summed E-state index contributed by atoms with van der Waals surface area (Å²) in [6.45, 7) is 1.07. The number of piperidine rings is 1. The minimum absolute atomic E-state index is 0.132. The minimum Gasteiger partial charge on any atom is -0.396 e. The molecule has 0 amide bonds. The third-order valence-electron chi connectivity index (χ3n) is 4.28. The summed E-state index contributed by atoms with van der Waals surface area (Å²) in [6, 6.07) is 12.5. The summed E-state index contributed by atoms with van der Waals surface area (Å²) in [6.07, 6.45) is 3.13. The van der Waals surface area contributed by atoms with Crippen molar-refractivity contribution in [3.8, 4) is 11.3 Å². The van der Waals surface area contributed by atoms with Crippen LogP contribution in [0.2, 0.25) is 0 Å². The van der Waals surface area contributed by atoms with Gasteiger partial charge in [-0.15, -0.1) is 0 Å². The van der Waals surface area contributed by atoms with E-state index in [1.807, 2.05) is 18.2 Å². The zero-order chi connectivity index (χ0) is 16.3. The van der Waals surface area contributed by atoms with Gasteiger partial charge in [0.1, 0.15) is 0 Å². The summed E-state index contributed by atoms with van der Waals surface area (Å²) in [5.74, 6) is 0.216. The van der Waals surface area contributed by atoms with Gasteiger partial charge in [0.25, 0.3) is 0 Å². The molecule has 122 valence electrons. The molecule has 0 bridgehead atoms. The molecule has 1 fully saturated rings. The molecule has 1 N–H and O–H groups in total. The van der Waals surface area contributed by atoms with Crippen molar-refractivity contribution in [1.29, 1.82) is 0 Å². The molecule has 0 unspecified atom stereocenters. The molecule has 1 aromatic heterocycles. The van der Waals surface area contributed by atoms with Gasteiger partial charge in [-0.2, -0.15) is 4.31 Å². The van der Waals surface area contributed by atoms with Gasteiger partial charge in [0.15, 0.2) is 0 Å². The first-order valence-corrected chi connectivity index (χ1v) is 9.18. The third-order valence-corrected chi connectivity index (χ3v) is 6.20. The lowest BCUT2D eigenvalue weighted by atomic mass is 10.00. The van der Waals surface area contributed by atoms with E-state index < -0.39 is 10.0 Å². The Kier molecular flexibility index (Phi) is 4.75. The highest BCUT2D eigenvalue weighted by Crippen LogP contribution is 2.25. The maximum Gasteiger partial charge on any atom is 0.243 e. The Bertz CT molecular complexity index is 737. The van der Waals surface area contributed by atoms with Crippen molar-refractivity contribution < 1.29 is 13.5 Å². The van der Waals surface area contributed by atoms with Gasteiger partial charge >= 0.3 is 0 Å². The first-order chi connectivity index (χ1) is 11.1. The van der Waals surface area contributed by atoms with Crippen LogP contribution in [0.15, 0.2) is 53.6 Å².